The van der Waals surface area contributed by atoms with Crippen molar-refractivity contribution >= 4 is 0 Å². The Morgan fingerprint density at radius 1 is 1.04 bits per heavy atom. The van der Waals surface area contributed by atoms with Crippen molar-refractivity contribution in [3.8, 4) is 5.69 Å². The molecule has 1 atom stereocenters. The molecule has 1 fully saturated rings. The van der Waals surface area contributed by atoms with E-state index in [4.69, 9.17) is 0 Å². The Morgan fingerprint density at radius 3 is 2.72 bits per heavy atom. The first-order valence-electron chi connectivity index (χ1n) is 9.17. The van der Waals surface area contributed by atoms with E-state index in [1.165, 1.54) is 37.8 Å². The molecule has 2 aromatic heterocycles. The highest BCUT2D eigenvalue weighted by atomic mass is 15.3. The lowest BCUT2D eigenvalue weighted by Gasteiger charge is -2.36. The minimum absolute atomic E-state index is 0.659. The van der Waals surface area contributed by atoms with E-state index in [0.717, 1.165) is 18.8 Å². The molecular weight excluding hydrogens is 310 g/mol. The maximum atomic E-state index is 4.33. The summed E-state index contributed by atoms with van der Waals surface area (Å²) in [6.45, 7) is 3.24. The summed E-state index contributed by atoms with van der Waals surface area (Å²) in [7, 11) is 0. The molecule has 0 saturated carbocycles. The molecule has 0 radical (unpaired) electrons. The molecular formula is C20H25N5. The van der Waals surface area contributed by atoms with Crippen LogP contribution in [0.1, 0.15) is 31.2 Å². The molecule has 0 spiro atoms. The zero-order valence-corrected chi connectivity index (χ0v) is 14.5. The van der Waals surface area contributed by atoms with Crippen LogP contribution in [0, 0.1) is 0 Å². The van der Waals surface area contributed by atoms with Gasteiger partial charge in [-0.15, -0.1) is 0 Å². The summed E-state index contributed by atoms with van der Waals surface area (Å²) in [6.07, 6.45) is 14.7. The van der Waals surface area contributed by atoms with Crippen molar-refractivity contribution < 1.29 is 0 Å². The molecule has 1 aliphatic rings. The molecule has 0 N–H and O–H groups in total. The van der Waals surface area contributed by atoms with Gasteiger partial charge in [0.25, 0.3) is 0 Å². The van der Waals surface area contributed by atoms with Gasteiger partial charge in [-0.1, -0.05) is 18.6 Å². The molecule has 3 heterocycles. The molecule has 1 unspecified atom stereocenters. The second-order valence-electron chi connectivity index (χ2n) is 6.81. The van der Waals surface area contributed by atoms with Crippen molar-refractivity contribution in [1.29, 1.82) is 0 Å². The Bertz CT molecular complexity index is 746. The molecule has 0 bridgehead atoms. The van der Waals surface area contributed by atoms with Crippen LogP contribution in [-0.4, -0.2) is 36.8 Å². The Balaban J connectivity index is 1.39. The molecule has 25 heavy (non-hydrogen) atoms. The summed E-state index contributed by atoms with van der Waals surface area (Å²) in [5.41, 5.74) is 2.55. The first-order chi connectivity index (χ1) is 12.4. The van der Waals surface area contributed by atoms with Crippen molar-refractivity contribution in [2.24, 2.45) is 0 Å². The largest absolute Gasteiger partial charge is 0.306 e. The number of imidazole rings is 1. The fraction of sp³-hybridized carbons (Fsp3) is 0.400. The summed E-state index contributed by atoms with van der Waals surface area (Å²) < 4.78 is 4.09. The summed E-state index contributed by atoms with van der Waals surface area (Å²) in [4.78, 5) is 6.77. The van der Waals surface area contributed by atoms with Crippen molar-refractivity contribution in [1.82, 2.24) is 24.2 Å². The first-order valence-corrected chi connectivity index (χ1v) is 9.17. The van der Waals surface area contributed by atoms with Crippen molar-refractivity contribution in [3.05, 3.63) is 67.0 Å². The average molecular weight is 335 g/mol. The van der Waals surface area contributed by atoms with E-state index in [2.05, 4.69) is 45.4 Å². The lowest BCUT2D eigenvalue weighted by Crippen LogP contribution is -2.39. The van der Waals surface area contributed by atoms with Gasteiger partial charge in [0.1, 0.15) is 0 Å². The van der Waals surface area contributed by atoms with Gasteiger partial charge in [-0.2, -0.15) is 5.10 Å². The molecule has 3 aromatic rings. The summed E-state index contributed by atoms with van der Waals surface area (Å²) in [6, 6.07) is 11.5. The van der Waals surface area contributed by atoms with Crippen molar-refractivity contribution in [3.63, 3.8) is 0 Å². The third-order valence-corrected chi connectivity index (χ3v) is 5.12. The Morgan fingerprint density at radius 2 is 1.96 bits per heavy atom. The number of aromatic nitrogens is 4. The topological polar surface area (TPSA) is 38.9 Å². The average Bonchev–Trinajstić information content (AvgIpc) is 3.36. The van der Waals surface area contributed by atoms with Crippen LogP contribution in [-0.2, 0) is 13.1 Å². The predicted octanol–water partition coefficient (Wildman–Crippen LogP) is 3.51. The van der Waals surface area contributed by atoms with Crippen LogP contribution in [0.25, 0.3) is 5.69 Å². The lowest BCUT2D eigenvalue weighted by atomic mass is 9.98. The quantitative estimate of drug-likeness (QED) is 0.692. The van der Waals surface area contributed by atoms with E-state index in [-0.39, 0.29) is 0 Å². The number of nitrogens with zero attached hydrogens (tertiary/aromatic N) is 5. The highest BCUT2D eigenvalue weighted by Crippen LogP contribution is 2.23. The molecule has 1 aromatic carbocycles. The minimum Gasteiger partial charge on any atom is -0.306 e. The van der Waals surface area contributed by atoms with Gasteiger partial charge in [-0.25, -0.2) is 4.98 Å². The van der Waals surface area contributed by atoms with Crippen molar-refractivity contribution in [2.45, 2.75) is 44.8 Å². The maximum absolute atomic E-state index is 4.33. The molecule has 1 aliphatic heterocycles. The maximum Gasteiger partial charge on any atom is 0.0991 e. The van der Waals surface area contributed by atoms with Crippen LogP contribution in [0.3, 0.4) is 0 Å². The second-order valence-corrected chi connectivity index (χ2v) is 6.81. The van der Waals surface area contributed by atoms with E-state index >= 15 is 0 Å². The highest BCUT2D eigenvalue weighted by Gasteiger charge is 2.22. The fourth-order valence-electron chi connectivity index (χ4n) is 3.73. The van der Waals surface area contributed by atoms with Gasteiger partial charge >= 0.3 is 0 Å². The van der Waals surface area contributed by atoms with Crippen LogP contribution in [0.4, 0.5) is 0 Å². The lowest BCUT2D eigenvalue weighted by molar-refractivity contribution is 0.127. The molecule has 1 saturated heterocycles. The molecule has 5 nitrogen and oxygen atoms in total. The van der Waals surface area contributed by atoms with Gasteiger partial charge in [0.15, 0.2) is 0 Å². The molecule has 0 aliphatic carbocycles. The van der Waals surface area contributed by atoms with Crippen LogP contribution in [0.15, 0.2) is 61.4 Å². The van der Waals surface area contributed by atoms with E-state index in [1.807, 2.05) is 40.2 Å². The normalized spacial score (nSPS) is 18.5. The highest BCUT2D eigenvalue weighted by molar-refractivity contribution is 5.34. The second kappa shape index (κ2) is 7.66. The van der Waals surface area contributed by atoms with Gasteiger partial charge in [0.05, 0.1) is 6.33 Å². The molecule has 130 valence electrons. The first kappa shape index (κ1) is 16.1. The van der Waals surface area contributed by atoms with E-state index in [0.29, 0.717) is 6.04 Å². The number of hydrogen-bond donors (Lipinski definition) is 0. The number of rotatable bonds is 6. The van der Waals surface area contributed by atoms with Gasteiger partial charge in [-0.3, -0.25) is 9.58 Å². The number of piperidine rings is 1. The van der Waals surface area contributed by atoms with E-state index < -0.39 is 0 Å². The summed E-state index contributed by atoms with van der Waals surface area (Å²) >= 11 is 0. The summed E-state index contributed by atoms with van der Waals surface area (Å²) in [5, 5.41) is 4.33. The van der Waals surface area contributed by atoms with E-state index in [1.54, 1.807) is 0 Å². The fourth-order valence-corrected chi connectivity index (χ4v) is 3.73. The zero-order valence-electron chi connectivity index (χ0n) is 14.5. The third-order valence-electron chi connectivity index (χ3n) is 5.12. The molecule has 0 amide bonds. The standard InChI is InChI=1S/C20H25N5/c1-2-12-23(19(4-1)9-14-25-13-3-10-22-25)16-18-5-7-20(8-6-18)24-15-11-21-17-24/h3,5-8,10-11,13,15,17,19H,1-2,4,9,12,14,16H2. The predicted molar refractivity (Wildman–Crippen MR) is 98.5 cm³/mol. The third kappa shape index (κ3) is 3.99. The van der Waals surface area contributed by atoms with Gasteiger partial charge in [0.2, 0.25) is 0 Å². The number of likely N-dealkylation sites (tertiary alicyclic amines) is 1. The summed E-state index contributed by atoms with van der Waals surface area (Å²) in [5.74, 6) is 0. The SMILES string of the molecule is c1cnn(CCC2CCCCN2Cc2ccc(-n3ccnc3)cc2)c1. The molecule has 4 rings (SSSR count). The van der Waals surface area contributed by atoms with E-state index in [9.17, 15) is 0 Å². The smallest absolute Gasteiger partial charge is 0.0991 e. The van der Waals surface area contributed by atoms with Crippen LogP contribution in [0.2, 0.25) is 0 Å². The van der Waals surface area contributed by atoms with Gasteiger partial charge in [-0.05, 0) is 49.6 Å². The van der Waals surface area contributed by atoms with Gasteiger partial charge < -0.3 is 4.57 Å². The van der Waals surface area contributed by atoms with Crippen LogP contribution in [0.5, 0.6) is 0 Å². The minimum atomic E-state index is 0.659. The van der Waals surface area contributed by atoms with Crippen LogP contribution >= 0.6 is 0 Å². The number of aryl methyl sites for hydroxylation is 1. The number of hydrogen-bond acceptors (Lipinski definition) is 3. The van der Waals surface area contributed by atoms with Gasteiger partial charge in [0, 0.05) is 49.6 Å². The number of benzene rings is 1. The zero-order chi connectivity index (χ0) is 16.9. The van der Waals surface area contributed by atoms with Crippen molar-refractivity contribution in [2.75, 3.05) is 6.54 Å². The Labute approximate surface area is 148 Å². The monoisotopic (exact) mass is 335 g/mol. The molecule has 5 heteroatoms. The Kier molecular flexibility index (Phi) is 4.93. The van der Waals surface area contributed by atoms with Crippen LogP contribution < -0.4 is 0 Å². The Hall–Kier alpha value is -2.40.